The van der Waals surface area contributed by atoms with E-state index in [9.17, 15) is 18.8 Å². The lowest BCUT2D eigenvalue weighted by atomic mass is 10.1. The molecule has 1 aromatic carbocycles. The van der Waals surface area contributed by atoms with E-state index in [0.29, 0.717) is 13.0 Å². The van der Waals surface area contributed by atoms with Crippen LogP contribution in [0.2, 0.25) is 0 Å². The van der Waals surface area contributed by atoms with Crippen LogP contribution in [0.3, 0.4) is 0 Å². The number of aryl methyl sites for hydroxylation is 1. The lowest BCUT2D eigenvalue weighted by Gasteiger charge is -2.09. The fourth-order valence-corrected chi connectivity index (χ4v) is 2.11. The molecule has 8 heteroatoms. The number of rotatable bonds is 7. The first-order valence-electron chi connectivity index (χ1n) is 7.58. The van der Waals surface area contributed by atoms with Gasteiger partial charge in [-0.2, -0.15) is 5.10 Å². The summed E-state index contributed by atoms with van der Waals surface area (Å²) >= 11 is 0. The Balaban J connectivity index is 2.10. The van der Waals surface area contributed by atoms with Gasteiger partial charge in [-0.15, -0.1) is 0 Å². The topological polar surface area (TPSA) is 87.5 Å². The minimum Gasteiger partial charge on any atom is -0.496 e. The molecule has 0 radical (unpaired) electrons. The van der Waals surface area contributed by atoms with Crippen molar-refractivity contribution in [2.24, 2.45) is 0 Å². The summed E-state index contributed by atoms with van der Waals surface area (Å²) in [5, 5.41) is 3.89. The third-order valence-electron chi connectivity index (χ3n) is 3.31. The summed E-state index contributed by atoms with van der Waals surface area (Å²) in [6.45, 7) is 1.62. The number of hydrogen-bond acceptors (Lipinski definition) is 6. The van der Waals surface area contributed by atoms with Gasteiger partial charge in [-0.05, 0) is 30.7 Å². The number of hydrogen-bond donors (Lipinski definition) is 0. The van der Waals surface area contributed by atoms with Crippen molar-refractivity contribution in [1.29, 1.82) is 0 Å². The van der Waals surface area contributed by atoms with Crippen molar-refractivity contribution in [2.75, 3.05) is 13.7 Å². The van der Waals surface area contributed by atoms with Gasteiger partial charge in [-0.25, -0.2) is 13.9 Å². The number of aromatic nitrogens is 2. The van der Waals surface area contributed by atoms with Gasteiger partial charge in [-0.3, -0.25) is 9.59 Å². The summed E-state index contributed by atoms with van der Waals surface area (Å²) in [7, 11) is 1.34. The van der Waals surface area contributed by atoms with Gasteiger partial charge < -0.3 is 9.47 Å². The molecule has 0 unspecified atom stereocenters. The van der Waals surface area contributed by atoms with Crippen LogP contribution >= 0.6 is 0 Å². The van der Waals surface area contributed by atoms with E-state index in [-0.39, 0.29) is 22.6 Å². The minimum atomic E-state index is -0.853. The van der Waals surface area contributed by atoms with Crippen LogP contribution in [0.15, 0.2) is 35.1 Å². The van der Waals surface area contributed by atoms with Crippen LogP contribution in [0.1, 0.15) is 34.2 Å². The van der Waals surface area contributed by atoms with E-state index >= 15 is 0 Å². The SMILES string of the molecule is CCCn1nc(C(=O)OCC(=O)c2cc(F)ccc2OC)ccc1=O. The van der Waals surface area contributed by atoms with Crippen molar-refractivity contribution in [3.05, 3.63) is 57.8 Å². The molecule has 0 N–H and O–H groups in total. The van der Waals surface area contributed by atoms with Gasteiger partial charge in [0.2, 0.25) is 5.78 Å². The maximum atomic E-state index is 13.3. The lowest BCUT2D eigenvalue weighted by molar-refractivity contribution is 0.0465. The predicted octanol–water partition coefficient (Wildman–Crippen LogP) is 1.84. The molecule has 0 spiro atoms. The molecule has 0 atom stereocenters. The van der Waals surface area contributed by atoms with E-state index in [1.54, 1.807) is 0 Å². The van der Waals surface area contributed by atoms with Crippen molar-refractivity contribution in [3.8, 4) is 5.75 Å². The molecule has 0 aliphatic rings. The highest BCUT2D eigenvalue weighted by Gasteiger charge is 2.17. The Labute approximate surface area is 143 Å². The Morgan fingerprint density at radius 3 is 2.68 bits per heavy atom. The third kappa shape index (κ3) is 4.50. The smallest absolute Gasteiger partial charge is 0.359 e. The maximum Gasteiger partial charge on any atom is 0.359 e. The second kappa shape index (κ2) is 8.18. The second-order valence-corrected chi connectivity index (χ2v) is 5.12. The zero-order valence-electron chi connectivity index (χ0n) is 13.8. The zero-order chi connectivity index (χ0) is 18.4. The van der Waals surface area contributed by atoms with Crippen molar-refractivity contribution in [3.63, 3.8) is 0 Å². The van der Waals surface area contributed by atoms with E-state index in [2.05, 4.69) is 5.10 Å². The fraction of sp³-hybridized carbons (Fsp3) is 0.294. The van der Waals surface area contributed by atoms with Crippen molar-refractivity contribution in [1.82, 2.24) is 9.78 Å². The van der Waals surface area contributed by atoms with Gasteiger partial charge in [-0.1, -0.05) is 6.92 Å². The number of esters is 1. The van der Waals surface area contributed by atoms with Crippen molar-refractivity contribution in [2.45, 2.75) is 19.9 Å². The third-order valence-corrected chi connectivity index (χ3v) is 3.31. The molecule has 0 aliphatic carbocycles. The highest BCUT2D eigenvalue weighted by atomic mass is 19.1. The normalized spacial score (nSPS) is 10.4. The highest BCUT2D eigenvalue weighted by Crippen LogP contribution is 2.20. The lowest BCUT2D eigenvalue weighted by Crippen LogP contribution is -2.25. The largest absolute Gasteiger partial charge is 0.496 e. The van der Waals surface area contributed by atoms with E-state index in [1.165, 1.54) is 25.3 Å². The highest BCUT2D eigenvalue weighted by molar-refractivity contribution is 6.01. The van der Waals surface area contributed by atoms with Gasteiger partial charge in [0.25, 0.3) is 5.56 Å². The molecule has 2 aromatic rings. The number of halogens is 1. The van der Waals surface area contributed by atoms with E-state index in [0.717, 1.165) is 16.8 Å². The first kappa shape index (κ1) is 18.3. The molecular formula is C17H17FN2O5. The summed E-state index contributed by atoms with van der Waals surface area (Å²) in [6, 6.07) is 5.91. The molecule has 7 nitrogen and oxygen atoms in total. The molecule has 1 heterocycles. The summed E-state index contributed by atoms with van der Waals surface area (Å²) in [6.07, 6.45) is 0.670. The first-order valence-corrected chi connectivity index (χ1v) is 7.58. The Kier molecular flexibility index (Phi) is 5.99. The van der Waals surface area contributed by atoms with Gasteiger partial charge >= 0.3 is 5.97 Å². The van der Waals surface area contributed by atoms with Crippen molar-refractivity contribution < 1.29 is 23.5 Å². The number of nitrogens with zero attached hydrogens (tertiary/aromatic N) is 2. The number of carbonyl (C=O) groups excluding carboxylic acids is 2. The number of carbonyl (C=O) groups is 2. The summed E-state index contributed by atoms with van der Waals surface area (Å²) < 4.78 is 24.4. The molecule has 132 valence electrons. The number of benzene rings is 1. The Hall–Kier alpha value is -3.03. The minimum absolute atomic E-state index is 0.0285. The first-order chi connectivity index (χ1) is 12.0. The van der Waals surface area contributed by atoms with Crippen LogP contribution in [0, 0.1) is 5.82 Å². The average molecular weight is 348 g/mol. The summed E-state index contributed by atoms with van der Waals surface area (Å²) in [4.78, 5) is 35.7. The summed E-state index contributed by atoms with van der Waals surface area (Å²) in [5.41, 5.74) is -0.453. The molecule has 1 aromatic heterocycles. The Bertz CT molecular complexity index is 847. The molecule has 0 aliphatic heterocycles. The van der Waals surface area contributed by atoms with Crippen LogP contribution < -0.4 is 10.3 Å². The Morgan fingerprint density at radius 1 is 1.24 bits per heavy atom. The van der Waals surface area contributed by atoms with Gasteiger partial charge in [0.05, 0.1) is 12.7 Å². The molecule has 0 saturated heterocycles. The number of Topliss-reactive ketones (excluding diaryl/α,β-unsaturated/α-hetero) is 1. The number of ketones is 1. The van der Waals surface area contributed by atoms with E-state index in [4.69, 9.17) is 9.47 Å². The van der Waals surface area contributed by atoms with Crippen molar-refractivity contribution >= 4 is 11.8 Å². The van der Waals surface area contributed by atoms with Gasteiger partial charge in [0.1, 0.15) is 11.6 Å². The molecule has 0 saturated carbocycles. The Morgan fingerprint density at radius 2 is 2.00 bits per heavy atom. The predicted molar refractivity (Wildman–Crippen MR) is 86.4 cm³/mol. The quantitative estimate of drug-likeness (QED) is 0.560. The molecule has 0 amide bonds. The molecule has 0 fully saturated rings. The molecule has 0 bridgehead atoms. The number of methoxy groups -OCH3 is 1. The average Bonchev–Trinajstić information content (AvgIpc) is 2.61. The van der Waals surface area contributed by atoms with Crippen LogP contribution in [0.25, 0.3) is 0 Å². The van der Waals surface area contributed by atoms with Crippen LogP contribution in [-0.4, -0.2) is 35.2 Å². The fourth-order valence-electron chi connectivity index (χ4n) is 2.11. The second-order valence-electron chi connectivity index (χ2n) is 5.12. The molecule has 25 heavy (non-hydrogen) atoms. The molecular weight excluding hydrogens is 331 g/mol. The van der Waals surface area contributed by atoms with Gasteiger partial charge in [0.15, 0.2) is 12.3 Å². The van der Waals surface area contributed by atoms with Crippen LogP contribution in [0.4, 0.5) is 4.39 Å². The van der Waals surface area contributed by atoms with Gasteiger partial charge in [0, 0.05) is 12.6 Å². The van der Waals surface area contributed by atoms with E-state index in [1.807, 2.05) is 6.92 Å². The monoisotopic (exact) mass is 348 g/mol. The standard InChI is InChI=1S/C17H17FN2O5/c1-3-8-20-16(22)7-5-13(19-20)17(23)25-10-14(21)12-9-11(18)4-6-15(12)24-2/h4-7,9H,3,8,10H2,1-2H3. The number of ether oxygens (including phenoxy) is 2. The van der Waals surface area contributed by atoms with E-state index < -0.39 is 24.2 Å². The van der Waals surface area contributed by atoms with Crippen LogP contribution in [-0.2, 0) is 11.3 Å². The summed E-state index contributed by atoms with van der Waals surface area (Å²) in [5.74, 6) is -1.90. The zero-order valence-corrected chi connectivity index (χ0v) is 13.8. The van der Waals surface area contributed by atoms with Crippen LogP contribution in [0.5, 0.6) is 5.75 Å². The molecule has 2 rings (SSSR count). The maximum absolute atomic E-state index is 13.3.